The minimum absolute atomic E-state index is 0.226. The van der Waals surface area contributed by atoms with E-state index in [9.17, 15) is 8.42 Å². The van der Waals surface area contributed by atoms with Crippen LogP contribution in [-0.4, -0.2) is 38.4 Å². The fraction of sp³-hybridized carbons (Fsp3) is 0.600. The third-order valence-electron chi connectivity index (χ3n) is 4.27. The number of benzene rings is 1. The molecule has 0 atom stereocenters. The molecule has 2 aliphatic rings. The van der Waals surface area contributed by atoms with Crippen molar-refractivity contribution in [3.63, 3.8) is 0 Å². The number of sulfonamides is 1. The third kappa shape index (κ3) is 3.78. The summed E-state index contributed by atoms with van der Waals surface area (Å²) in [4.78, 5) is 0.434. The van der Waals surface area contributed by atoms with Gasteiger partial charge in [-0.15, -0.1) is 0 Å². The van der Waals surface area contributed by atoms with Gasteiger partial charge < -0.3 is 5.32 Å². The maximum absolute atomic E-state index is 12.9. The average Bonchev–Trinajstić information content (AvgIpc) is 3.31. The van der Waals surface area contributed by atoms with Crippen molar-refractivity contribution in [2.24, 2.45) is 5.92 Å². The van der Waals surface area contributed by atoms with E-state index in [-0.39, 0.29) is 6.04 Å². The highest BCUT2D eigenvalue weighted by molar-refractivity contribution is 14.1. The molecule has 1 aromatic rings. The molecular weight excluding hydrogens is 399 g/mol. The molecule has 2 fully saturated rings. The number of hydrogen-bond donors (Lipinski definition) is 1. The third-order valence-corrected chi connectivity index (χ3v) is 6.92. The van der Waals surface area contributed by atoms with Gasteiger partial charge in [-0.25, -0.2) is 8.42 Å². The number of nitrogens with one attached hydrogen (secondary N) is 1. The lowest BCUT2D eigenvalue weighted by Gasteiger charge is -2.29. The molecule has 6 heteroatoms. The van der Waals surface area contributed by atoms with E-state index in [1.165, 1.54) is 0 Å². The van der Waals surface area contributed by atoms with Gasteiger partial charge in [0.15, 0.2) is 0 Å². The molecule has 1 N–H and O–H groups in total. The lowest BCUT2D eigenvalue weighted by atomic mass is 9.98. The molecule has 1 heterocycles. The quantitative estimate of drug-likeness (QED) is 0.745. The molecule has 1 aliphatic heterocycles. The molecule has 0 unspecified atom stereocenters. The van der Waals surface area contributed by atoms with E-state index in [0.717, 1.165) is 42.3 Å². The van der Waals surface area contributed by atoms with Crippen LogP contribution in [0.5, 0.6) is 0 Å². The SMILES string of the molecule is O=S(=O)(c1ccc(I)cc1)N(CC1CCNCC1)C1CC1. The Bertz CT molecular complexity index is 578. The number of hydrogen-bond acceptors (Lipinski definition) is 3. The normalized spacial score (nSPS) is 20.9. The molecular formula is C15H21IN2O2S. The highest BCUT2D eigenvalue weighted by Crippen LogP contribution is 2.33. The van der Waals surface area contributed by atoms with Crippen molar-refractivity contribution in [1.29, 1.82) is 0 Å². The summed E-state index contributed by atoms with van der Waals surface area (Å²) < 4.78 is 28.6. The Morgan fingerprint density at radius 3 is 2.29 bits per heavy atom. The highest BCUT2D eigenvalue weighted by Gasteiger charge is 2.39. The second-order valence-electron chi connectivity index (χ2n) is 5.95. The predicted octanol–water partition coefficient (Wildman–Crippen LogP) is 2.44. The number of nitrogens with zero attached hydrogens (tertiary/aromatic N) is 1. The zero-order chi connectivity index (χ0) is 14.9. The number of halogens is 1. The summed E-state index contributed by atoms with van der Waals surface area (Å²) in [5, 5.41) is 3.34. The molecule has 1 aromatic carbocycles. The van der Waals surface area contributed by atoms with E-state index in [0.29, 0.717) is 17.4 Å². The van der Waals surface area contributed by atoms with E-state index in [4.69, 9.17) is 0 Å². The van der Waals surface area contributed by atoms with Crippen LogP contribution in [0.1, 0.15) is 25.7 Å². The Hall–Kier alpha value is -0.180. The summed E-state index contributed by atoms with van der Waals surface area (Å²) in [5.74, 6) is 0.491. The van der Waals surface area contributed by atoms with E-state index in [1.54, 1.807) is 16.4 Å². The van der Waals surface area contributed by atoms with Gasteiger partial charge in [0.1, 0.15) is 0 Å². The molecule has 1 saturated heterocycles. The summed E-state index contributed by atoms with van der Waals surface area (Å²) >= 11 is 2.20. The molecule has 116 valence electrons. The summed E-state index contributed by atoms with van der Waals surface area (Å²) in [7, 11) is -3.34. The first kappa shape index (κ1) is 15.7. The van der Waals surface area contributed by atoms with E-state index < -0.39 is 10.0 Å². The maximum atomic E-state index is 12.9. The zero-order valence-electron chi connectivity index (χ0n) is 12.0. The van der Waals surface area contributed by atoms with Gasteiger partial charge in [0.25, 0.3) is 0 Å². The van der Waals surface area contributed by atoms with Crippen LogP contribution >= 0.6 is 22.6 Å². The minimum Gasteiger partial charge on any atom is -0.317 e. The van der Waals surface area contributed by atoms with Crippen molar-refractivity contribution in [2.45, 2.75) is 36.6 Å². The Morgan fingerprint density at radius 1 is 1.10 bits per heavy atom. The zero-order valence-corrected chi connectivity index (χ0v) is 14.9. The van der Waals surface area contributed by atoms with Crippen LogP contribution < -0.4 is 5.32 Å². The van der Waals surface area contributed by atoms with Crippen LogP contribution in [0.4, 0.5) is 0 Å². The van der Waals surface area contributed by atoms with Gasteiger partial charge in [-0.1, -0.05) is 0 Å². The van der Waals surface area contributed by atoms with Crippen molar-refractivity contribution < 1.29 is 8.42 Å². The first-order chi connectivity index (χ1) is 10.1. The highest BCUT2D eigenvalue weighted by atomic mass is 127. The fourth-order valence-corrected chi connectivity index (χ4v) is 4.99. The second kappa shape index (κ2) is 6.52. The number of piperidine rings is 1. The van der Waals surface area contributed by atoms with Crippen LogP contribution in [0.2, 0.25) is 0 Å². The van der Waals surface area contributed by atoms with Crippen LogP contribution in [0.25, 0.3) is 0 Å². The van der Waals surface area contributed by atoms with Crippen molar-refractivity contribution in [3.05, 3.63) is 27.8 Å². The Kier molecular flexibility index (Phi) is 4.87. The van der Waals surface area contributed by atoms with Gasteiger partial charge >= 0.3 is 0 Å². The Balaban J connectivity index is 1.80. The summed E-state index contributed by atoms with van der Waals surface area (Å²) in [6, 6.07) is 7.42. The fourth-order valence-electron chi connectivity index (χ4n) is 2.87. The van der Waals surface area contributed by atoms with Crippen molar-refractivity contribution >= 4 is 32.6 Å². The van der Waals surface area contributed by atoms with Crippen LogP contribution in [0, 0.1) is 9.49 Å². The molecule has 0 bridgehead atoms. The lowest BCUT2D eigenvalue weighted by molar-refractivity contribution is 0.283. The lowest BCUT2D eigenvalue weighted by Crippen LogP contribution is -2.40. The van der Waals surface area contributed by atoms with Crippen LogP contribution in [0.15, 0.2) is 29.2 Å². The molecule has 0 aromatic heterocycles. The van der Waals surface area contributed by atoms with Gasteiger partial charge in [-0.05, 0) is 91.5 Å². The summed E-state index contributed by atoms with van der Waals surface area (Å²) in [6.45, 7) is 2.69. The Morgan fingerprint density at radius 2 is 1.71 bits per heavy atom. The minimum atomic E-state index is -3.34. The first-order valence-corrected chi connectivity index (χ1v) is 10.1. The molecule has 0 amide bonds. The summed E-state index contributed by atoms with van der Waals surface area (Å²) in [5.41, 5.74) is 0. The van der Waals surface area contributed by atoms with Gasteiger partial charge in [0, 0.05) is 16.2 Å². The molecule has 0 radical (unpaired) electrons. The van der Waals surface area contributed by atoms with Gasteiger partial charge in [-0.3, -0.25) is 0 Å². The molecule has 1 aliphatic carbocycles. The van der Waals surface area contributed by atoms with E-state index in [2.05, 4.69) is 27.9 Å². The maximum Gasteiger partial charge on any atom is 0.243 e. The van der Waals surface area contributed by atoms with Crippen molar-refractivity contribution in [2.75, 3.05) is 19.6 Å². The Labute approximate surface area is 140 Å². The predicted molar refractivity (Wildman–Crippen MR) is 91.7 cm³/mol. The monoisotopic (exact) mass is 420 g/mol. The second-order valence-corrected chi connectivity index (χ2v) is 9.09. The van der Waals surface area contributed by atoms with Crippen LogP contribution in [0.3, 0.4) is 0 Å². The molecule has 21 heavy (non-hydrogen) atoms. The van der Waals surface area contributed by atoms with Gasteiger partial charge in [0.05, 0.1) is 4.90 Å². The molecule has 3 rings (SSSR count). The van der Waals surface area contributed by atoms with Crippen molar-refractivity contribution in [1.82, 2.24) is 9.62 Å². The van der Waals surface area contributed by atoms with Gasteiger partial charge in [-0.2, -0.15) is 4.31 Å². The number of rotatable bonds is 5. The van der Waals surface area contributed by atoms with E-state index >= 15 is 0 Å². The van der Waals surface area contributed by atoms with Gasteiger partial charge in [0.2, 0.25) is 10.0 Å². The molecule has 4 nitrogen and oxygen atoms in total. The largest absolute Gasteiger partial charge is 0.317 e. The smallest absolute Gasteiger partial charge is 0.243 e. The van der Waals surface area contributed by atoms with Crippen LogP contribution in [-0.2, 0) is 10.0 Å². The molecule has 1 saturated carbocycles. The van der Waals surface area contributed by atoms with E-state index in [1.807, 2.05) is 12.1 Å². The summed E-state index contributed by atoms with van der Waals surface area (Å²) in [6.07, 6.45) is 4.17. The first-order valence-electron chi connectivity index (χ1n) is 7.55. The average molecular weight is 420 g/mol. The standard InChI is InChI=1S/C15H21IN2O2S/c16-13-1-5-15(6-2-13)21(19,20)18(14-3-4-14)11-12-7-9-17-10-8-12/h1-2,5-6,12,14,17H,3-4,7-11H2. The molecule has 0 spiro atoms. The van der Waals surface area contributed by atoms with Crippen molar-refractivity contribution in [3.8, 4) is 0 Å². The topological polar surface area (TPSA) is 49.4 Å².